The number of benzene rings is 3. The quantitative estimate of drug-likeness (QED) is 0.276. The lowest BCUT2D eigenvalue weighted by atomic mass is 10.1. The SMILES string of the molecule is COc1cc2ccccc2cc1C(=O)N/N=C\c1cc(C)n(-c2cccc(Cl)c2Cl)c1C. The summed E-state index contributed by atoms with van der Waals surface area (Å²) in [7, 11) is 1.54. The van der Waals surface area contributed by atoms with Crippen LogP contribution >= 0.6 is 23.2 Å². The number of aromatic nitrogens is 1. The highest BCUT2D eigenvalue weighted by atomic mass is 35.5. The number of carbonyl (C=O) groups excluding carboxylic acids is 1. The van der Waals surface area contributed by atoms with Crippen molar-refractivity contribution in [3.05, 3.63) is 93.2 Å². The third kappa shape index (κ3) is 4.09. The molecule has 1 aromatic heterocycles. The molecule has 0 bridgehead atoms. The molecule has 0 saturated heterocycles. The lowest BCUT2D eigenvalue weighted by Crippen LogP contribution is -2.18. The number of hydrazone groups is 1. The summed E-state index contributed by atoms with van der Waals surface area (Å²) in [5, 5.41) is 7.09. The summed E-state index contributed by atoms with van der Waals surface area (Å²) in [4.78, 5) is 12.8. The minimum atomic E-state index is -0.351. The highest BCUT2D eigenvalue weighted by Gasteiger charge is 2.15. The van der Waals surface area contributed by atoms with Gasteiger partial charge in [0.25, 0.3) is 5.91 Å². The fraction of sp³-hybridized carbons (Fsp3) is 0.120. The van der Waals surface area contributed by atoms with Gasteiger partial charge in [0.15, 0.2) is 0 Å². The zero-order valence-corrected chi connectivity index (χ0v) is 19.3. The van der Waals surface area contributed by atoms with Crippen LogP contribution in [0.1, 0.15) is 27.3 Å². The minimum absolute atomic E-state index is 0.351. The number of nitrogens with zero attached hydrogens (tertiary/aromatic N) is 2. The Morgan fingerprint density at radius 2 is 1.75 bits per heavy atom. The third-order valence-electron chi connectivity index (χ3n) is 5.32. The van der Waals surface area contributed by atoms with Gasteiger partial charge in [0.2, 0.25) is 0 Å². The molecule has 0 aliphatic carbocycles. The smallest absolute Gasteiger partial charge is 0.275 e. The first-order chi connectivity index (χ1) is 15.4. The topological polar surface area (TPSA) is 55.6 Å². The first-order valence-corrected chi connectivity index (χ1v) is 10.7. The van der Waals surface area contributed by atoms with Gasteiger partial charge in [-0.2, -0.15) is 5.10 Å². The van der Waals surface area contributed by atoms with E-state index in [9.17, 15) is 4.79 Å². The maximum atomic E-state index is 12.8. The fourth-order valence-electron chi connectivity index (χ4n) is 3.74. The molecule has 5 nitrogen and oxygen atoms in total. The average Bonchev–Trinajstić information content (AvgIpc) is 3.07. The molecule has 0 radical (unpaired) electrons. The molecule has 1 amide bonds. The van der Waals surface area contributed by atoms with E-state index in [1.54, 1.807) is 25.5 Å². The first-order valence-electron chi connectivity index (χ1n) is 9.94. The van der Waals surface area contributed by atoms with Crippen molar-refractivity contribution >= 4 is 46.1 Å². The van der Waals surface area contributed by atoms with Crippen LogP contribution in [-0.4, -0.2) is 23.8 Å². The highest BCUT2D eigenvalue weighted by molar-refractivity contribution is 6.43. The van der Waals surface area contributed by atoms with Crippen LogP contribution < -0.4 is 10.2 Å². The Kier molecular flexibility index (Phi) is 6.21. The van der Waals surface area contributed by atoms with Crippen LogP contribution in [0.25, 0.3) is 16.5 Å². The summed E-state index contributed by atoms with van der Waals surface area (Å²) in [6.45, 7) is 3.93. The van der Waals surface area contributed by atoms with Crippen LogP contribution in [0.3, 0.4) is 0 Å². The summed E-state index contributed by atoms with van der Waals surface area (Å²) in [6, 6.07) is 18.9. The maximum absolute atomic E-state index is 12.8. The molecule has 0 atom stereocenters. The molecule has 3 aromatic carbocycles. The molecule has 4 rings (SSSR count). The molecule has 0 spiro atoms. The van der Waals surface area contributed by atoms with Crippen molar-refractivity contribution in [1.82, 2.24) is 9.99 Å². The third-order valence-corrected chi connectivity index (χ3v) is 6.13. The Morgan fingerprint density at radius 3 is 2.47 bits per heavy atom. The van der Waals surface area contributed by atoms with Crippen molar-refractivity contribution in [1.29, 1.82) is 0 Å². The van der Waals surface area contributed by atoms with E-state index in [0.29, 0.717) is 21.4 Å². The summed E-state index contributed by atoms with van der Waals surface area (Å²) >= 11 is 12.6. The number of hydrogen-bond acceptors (Lipinski definition) is 3. The molecule has 1 heterocycles. The molecule has 32 heavy (non-hydrogen) atoms. The number of carbonyl (C=O) groups is 1. The van der Waals surface area contributed by atoms with Crippen LogP contribution in [0.4, 0.5) is 0 Å². The lowest BCUT2D eigenvalue weighted by Gasteiger charge is -2.12. The molecule has 7 heteroatoms. The minimum Gasteiger partial charge on any atom is -0.496 e. The fourth-order valence-corrected chi connectivity index (χ4v) is 4.12. The Bertz CT molecular complexity index is 1360. The Balaban J connectivity index is 1.59. The number of aryl methyl sites for hydroxylation is 1. The molecule has 0 unspecified atom stereocenters. The molecule has 0 aliphatic heterocycles. The lowest BCUT2D eigenvalue weighted by molar-refractivity contribution is 0.0952. The van der Waals surface area contributed by atoms with Crippen LogP contribution in [0.2, 0.25) is 10.0 Å². The molecule has 4 aromatic rings. The number of fused-ring (bicyclic) bond motifs is 1. The van der Waals surface area contributed by atoms with Crippen LogP contribution in [0.15, 0.2) is 65.8 Å². The number of nitrogens with one attached hydrogen (secondary N) is 1. The highest BCUT2D eigenvalue weighted by Crippen LogP contribution is 2.31. The number of rotatable bonds is 5. The molecule has 0 saturated carbocycles. The van der Waals surface area contributed by atoms with Crippen molar-refractivity contribution in [2.75, 3.05) is 7.11 Å². The van der Waals surface area contributed by atoms with Gasteiger partial charge in [0.1, 0.15) is 5.75 Å². The second kappa shape index (κ2) is 9.07. The van der Waals surface area contributed by atoms with Gasteiger partial charge in [-0.15, -0.1) is 0 Å². The normalized spacial score (nSPS) is 11.3. The van der Waals surface area contributed by atoms with E-state index in [4.69, 9.17) is 27.9 Å². The van der Waals surface area contributed by atoms with Crippen LogP contribution in [0.5, 0.6) is 5.75 Å². The van der Waals surface area contributed by atoms with Gasteiger partial charge in [-0.05, 0) is 55.0 Å². The van der Waals surface area contributed by atoms with E-state index in [-0.39, 0.29) is 5.91 Å². The van der Waals surface area contributed by atoms with Gasteiger partial charge in [-0.3, -0.25) is 4.79 Å². The van der Waals surface area contributed by atoms with Gasteiger partial charge in [0.05, 0.1) is 34.6 Å². The summed E-state index contributed by atoms with van der Waals surface area (Å²) in [5.41, 5.74) is 6.55. The molecule has 0 aliphatic rings. The predicted octanol–water partition coefficient (Wildman–Crippen LogP) is 6.33. The van der Waals surface area contributed by atoms with Crippen molar-refractivity contribution in [2.45, 2.75) is 13.8 Å². The molecule has 162 valence electrons. The number of ether oxygens (including phenoxy) is 1. The first kappa shape index (κ1) is 21.9. The summed E-state index contributed by atoms with van der Waals surface area (Å²) in [6.07, 6.45) is 1.61. The molecule has 0 fully saturated rings. The van der Waals surface area contributed by atoms with Crippen molar-refractivity contribution in [3.63, 3.8) is 0 Å². The monoisotopic (exact) mass is 465 g/mol. The second-order valence-corrected chi connectivity index (χ2v) is 8.12. The molecular weight excluding hydrogens is 445 g/mol. The average molecular weight is 466 g/mol. The van der Waals surface area contributed by atoms with E-state index in [2.05, 4.69) is 10.5 Å². The number of methoxy groups -OCH3 is 1. The number of hydrogen-bond donors (Lipinski definition) is 1. The predicted molar refractivity (Wildman–Crippen MR) is 131 cm³/mol. The summed E-state index contributed by atoms with van der Waals surface area (Å²) < 4.78 is 7.41. The number of halogens is 2. The van der Waals surface area contributed by atoms with Gasteiger partial charge in [0, 0.05) is 17.0 Å². The zero-order valence-electron chi connectivity index (χ0n) is 17.8. The van der Waals surface area contributed by atoms with Gasteiger partial charge in [-0.1, -0.05) is 53.5 Å². The van der Waals surface area contributed by atoms with Crippen molar-refractivity contribution < 1.29 is 9.53 Å². The zero-order chi connectivity index (χ0) is 22.8. The van der Waals surface area contributed by atoms with Crippen LogP contribution in [-0.2, 0) is 0 Å². The largest absolute Gasteiger partial charge is 0.496 e. The van der Waals surface area contributed by atoms with Gasteiger partial charge >= 0.3 is 0 Å². The number of amides is 1. The van der Waals surface area contributed by atoms with Gasteiger partial charge < -0.3 is 9.30 Å². The van der Waals surface area contributed by atoms with Gasteiger partial charge in [-0.25, -0.2) is 5.43 Å². The summed E-state index contributed by atoms with van der Waals surface area (Å²) in [5.74, 6) is 0.140. The molecule has 1 N–H and O–H groups in total. The van der Waals surface area contributed by atoms with E-state index in [1.165, 1.54) is 0 Å². The second-order valence-electron chi connectivity index (χ2n) is 7.33. The Labute approximate surface area is 196 Å². The maximum Gasteiger partial charge on any atom is 0.275 e. The Morgan fingerprint density at radius 1 is 1.03 bits per heavy atom. The van der Waals surface area contributed by atoms with Crippen LogP contribution in [0, 0.1) is 13.8 Å². The van der Waals surface area contributed by atoms with E-state index in [0.717, 1.165) is 33.4 Å². The molecular formula is C25H21Cl2N3O2. The van der Waals surface area contributed by atoms with Crippen molar-refractivity contribution in [2.24, 2.45) is 5.10 Å². The van der Waals surface area contributed by atoms with E-state index >= 15 is 0 Å². The van der Waals surface area contributed by atoms with E-state index < -0.39 is 0 Å². The Hall–Kier alpha value is -3.28. The van der Waals surface area contributed by atoms with E-state index in [1.807, 2.05) is 66.9 Å². The van der Waals surface area contributed by atoms with Crippen molar-refractivity contribution in [3.8, 4) is 11.4 Å². The standard InChI is InChI=1S/C25H21Cl2N3O2/c1-15-11-19(16(2)30(15)22-10-6-9-21(26)24(22)27)14-28-29-25(31)20-12-17-7-4-5-8-18(17)13-23(20)32-3/h4-14H,1-3H3,(H,29,31)/b28-14-.